The Morgan fingerprint density at radius 1 is 1.03 bits per heavy atom. The van der Waals surface area contributed by atoms with Crippen LogP contribution in [-0.4, -0.2) is 55.8 Å². The number of nitrogens with zero attached hydrogens (tertiary/aromatic N) is 2. The topological polar surface area (TPSA) is 104 Å². The zero-order valence-corrected chi connectivity index (χ0v) is 23.2. The molecule has 1 N–H and O–H groups in total. The summed E-state index contributed by atoms with van der Waals surface area (Å²) < 4.78 is 26.3. The van der Waals surface area contributed by atoms with Gasteiger partial charge in [0.15, 0.2) is 5.78 Å². The summed E-state index contributed by atoms with van der Waals surface area (Å²) in [6.45, 7) is 6.03. The summed E-state index contributed by atoms with van der Waals surface area (Å²) in [5.74, 6) is -1.26. The van der Waals surface area contributed by atoms with Gasteiger partial charge in [0.1, 0.15) is 12.6 Å². The van der Waals surface area contributed by atoms with E-state index < -0.39 is 28.5 Å². The lowest BCUT2D eigenvalue weighted by Gasteiger charge is -2.33. The third-order valence-corrected chi connectivity index (χ3v) is 7.28. The highest BCUT2D eigenvalue weighted by atomic mass is 35.5. The van der Waals surface area contributed by atoms with Crippen molar-refractivity contribution in [2.45, 2.75) is 52.7 Å². The SMILES string of the molecule is CC[C@@H](C(=O)NC(C)C)N(Cc1c(Cl)cccc1Cl)C(=O)CN(c1cccc(C(C)=O)c1)S(C)(=O)=O. The number of benzene rings is 2. The van der Waals surface area contributed by atoms with Crippen LogP contribution in [0, 0.1) is 0 Å². The van der Waals surface area contributed by atoms with Crippen LogP contribution in [-0.2, 0) is 26.2 Å². The van der Waals surface area contributed by atoms with Crippen molar-refractivity contribution in [2.75, 3.05) is 17.1 Å². The van der Waals surface area contributed by atoms with Crippen molar-refractivity contribution >= 4 is 56.5 Å². The van der Waals surface area contributed by atoms with Crippen molar-refractivity contribution in [3.8, 4) is 0 Å². The van der Waals surface area contributed by atoms with E-state index in [9.17, 15) is 22.8 Å². The van der Waals surface area contributed by atoms with E-state index in [4.69, 9.17) is 23.2 Å². The summed E-state index contributed by atoms with van der Waals surface area (Å²) in [5, 5.41) is 3.44. The lowest BCUT2D eigenvalue weighted by Crippen LogP contribution is -2.53. The lowest BCUT2D eigenvalue weighted by atomic mass is 10.1. The van der Waals surface area contributed by atoms with Gasteiger partial charge in [0, 0.05) is 33.8 Å². The minimum Gasteiger partial charge on any atom is -0.352 e. The van der Waals surface area contributed by atoms with Crippen LogP contribution < -0.4 is 9.62 Å². The first-order valence-corrected chi connectivity index (χ1v) is 14.0. The highest BCUT2D eigenvalue weighted by Crippen LogP contribution is 2.28. The highest BCUT2D eigenvalue weighted by Gasteiger charge is 2.32. The van der Waals surface area contributed by atoms with Gasteiger partial charge in [-0.05, 0) is 51.5 Å². The minimum atomic E-state index is -3.93. The Balaban J connectivity index is 2.54. The van der Waals surface area contributed by atoms with Crippen LogP contribution >= 0.6 is 23.2 Å². The maximum Gasteiger partial charge on any atom is 0.244 e. The molecule has 2 aromatic carbocycles. The number of ketones is 1. The Labute approximate surface area is 222 Å². The van der Waals surface area contributed by atoms with E-state index in [0.29, 0.717) is 21.2 Å². The smallest absolute Gasteiger partial charge is 0.244 e. The Hall–Kier alpha value is -2.62. The minimum absolute atomic E-state index is 0.105. The average molecular weight is 557 g/mol. The van der Waals surface area contributed by atoms with E-state index in [0.717, 1.165) is 10.6 Å². The average Bonchev–Trinajstić information content (AvgIpc) is 2.77. The fourth-order valence-electron chi connectivity index (χ4n) is 3.65. The van der Waals surface area contributed by atoms with Gasteiger partial charge in [-0.2, -0.15) is 0 Å². The van der Waals surface area contributed by atoms with Crippen LogP contribution in [0.2, 0.25) is 10.0 Å². The molecule has 0 heterocycles. The zero-order chi connectivity index (χ0) is 27.2. The number of halogens is 2. The van der Waals surface area contributed by atoms with E-state index in [2.05, 4.69) is 5.32 Å². The van der Waals surface area contributed by atoms with Crippen LogP contribution in [0.25, 0.3) is 0 Å². The molecule has 0 radical (unpaired) electrons. The quantitative estimate of drug-likeness (QED) is 0.416. The summed E-state index contributed by atoms with van der Waals surface area (Å²) in [6.07, 6.45) is 1.24. The van der Waals surface area contributed by atoms with Gasteiger partial charge in [-0.1, -0.05) is 48.3 Å². The molecule has 0 fully saturated rings. The molecule has 1 atom stereocenters. The monoisotopic (exact) mass is 555 g/mol. The van der Waals surface area contributed by atoms with Gasteiger partial charge >= 0.3 is 0 Å². The molecule has 0 saturated heterocycles. The van der Waals surface area contributed by atoms with Gasteiger partial charge in [0.05, 0.1) is 11.9 Å². The summed E-state index contributed by atoms with van der Waals surface area (Å²) in [7, 11) is -3.93. The molecule has 0 aliphatic rings. The molecular formula is C25H31Cl2N3O5S. The van der Waals surface area contributed by atoms with Crippen LogP contribution in [0.4, 0.5) is 5.69 Å². The maximum absolute atomic E-state index is 13.7. The van der Waals surface area contributed by atoms with Gasteiger partial charge in [0.25, 0.3) is 0 Å². The first-order valence-electron chi connectivity index (χ1n) is 11.4. The normalized spacial score (nSPS) is 12.2. The molecule has 0 unspecified atom stereocenters. The summed E-state index contributed by atoms with van der Waals surface area (Å²) in [5.41, 5.74) is 0.902. The number of carbonyl (C=O) groups is 3. The second-order valence-corrected chi connectivity index (χ2v) is 11.4. The Morgan fingerprint density at radius 2 is 1.61 bits per heavy atom. The fraction of sp³-hybridized carbons (Fsp3) is 0.400. The fourth-order valence-corrected chi connectivity index (χ4v) is 5.01. The Bertz CT molecular complexity index is 1210. The van der Waals surface area contributed by atoms with Gasteiger partial charge in [-0.25, -0.2) is 8.42 Å². The number of anilines is 1. The Kier molecular flexibility index (Phi) is 10.3. The maximum atomic E-state index is 13.7. The number of hydrogen-bond acceptors (Lipinski definition) is 5. The number of Topliss-reactive ketones (excluding diaryl/α,β-unsaturated/α-hetero) is 1. The molecular weight excluding hydrogens is 525 g/mol. The van der Waals surface area contributed by atoms with Gasteiger partial charge < -0.3 is 10.2 Å². The lowest BCUT2D eigenvalue weighted by molar-refractivity contribution is -0.140. The molecule has 11 heteroatoms. The standard InChI is InChI=1S/C25H31Cl2N3O5S/c1-6-23(25(33)28-16(2)3)29(14-20-21(26)11-8-12-22(20)27)24(32)15-30(36(5,34)35)19-10-7-9-18(13-19)17(4)31/h7-13,16,23H,6,14-15H2,1-5H3,(H,28,33)/t23-/m0/s1. The highest BCUT2D eigenvalue weighted by molar-refractivity contribution is 7.92. The molecule has 0 bridgehead atoms. The van der Waals surface area contributed by atoms with Crippen molar-refractivity contribution in [2.24, 2.45) is 0 Å². The number of sulfonamides is 1. The number of nitrogens with one attached hydrogen (secondary N) is 1. The predicted octanol–water partition coefficient (Wildman–Crippen LogP) is 4.29. The third kappa shape index (κ3) is 7.69. The van der Waals surface area contributed by atoms with Crippen LogP contribution in [0.1, 0.15) is 50.0 Å². The van der Waals surface area contributed by atoms with Crippen molar-refractivity contribution in [3.63, 3.8) is 0 Å². The predicted molar refractivity (Wildman–Crippen MR) is 143 cm³/mol. The van der Waals surface area contributed by atoms with E-state index in [1.165, 1.54) is 24.0 Å². The van der Waals surface area contributed by atoms with Gasteiger partial charge in [-0.15, -0.1) is 0 Å². The molecule has 36 heavy (non-hydrogen) atoms. The van der Waals surface area contributed by atoms with Crippen LogP contribution in [0.5, 0.6) is 0 Å². The first-order chi connectivity index (χ1) is 16.8. The van der Waals surface area contributed by atoms with E-state index in [1.807, 2.05) is 0 Å². The molecule has 0 aromatic heterocycles. The summed E-state index contributed by atoms with van der Waals surface area (Å²) in [4.78, 5) is 39.9. The first kappa shape index (κ1) is 29.6. The molecule has 2 aromatic rings. The molecule has 2 amide bonds. The van der Waals surface area contributed by atoms with Crippen molar-refractivity contribution in [3.05, 3.63) is 63.6 Å². The molecule has 196 valence electrons. The molecule has 0 spiro atoms. The number of hydrogen-bond donors (Lipinski definition) is 1. The number of rotatable bonds is 11. The number of carbonyl (C=O) groups excluding carboxylic acids is 3. The van der Waals surface area contributed by atoms with Gasteiger partial charge in [-0.3, -0.25) is 18.7 Å². The van der Waals surface area contributed by atoms with Crippen molar-refractivity contribution in [1.82, 2.24) is 10.2 Å². The van der Waals surface area contributed by atoms with Crippen molar-refractivity contribution < 1.29 is 22.8 Å². The van der Waals surface area contributed by atoms with Crippen LogP contribution in [0.3, 0.4) is 0 Å². The molecule has 8 nitrogen and oxygen atoms in total. The van der Waals surface area contributed by atoms with E-state index in [1.54, 1.807) is 51.1 Å². The van der Waals surface area contributed by atoms with Gasteiger partial charge in [0.2, 0.25) is 21.8 Å². The van der Waals surface area contributed by atoms with Crippen LogP contribution in [0.15, 0.2) is 42.5 Å². The second kappa shape index (κ2) is 12.6. The number of amides is 2. The zero-order valence-electron chi connectivity index (χ0n) is 20.9. The summed E-state index contributed by atoms with van der Waals surface area (Å²) >= 11 is 12.7. The van der Waals surface area contributed by atoms with E-state index in [-0.39, 0.29) is 36.4 Å². The third-order valence-electron chi connectivity index (χ3n) is 5.43. The molecule has 0 saturated carbocycles. The van der Waals surface area contributed by atoms with E-state index >= 15 is 0 Å². The molecule has 2 rings (SSSR count). The van der Waals surface area contributed by atoms with Crippen molar-refractivity contribution in [1.29, 1.82) is 0 Å². The molecule has 0 aliphatic carbocycles. The molecule has 0 aliphatic heterocycles. The summed E-state index contributed by atoms with van der Waals surface area (Å²) in [6, 6.07) is 9.84. The second-order valence-electron chi connectivity index (χ2n) is 8.69. The largest absolute Gasteiger partial charge is 0.352 e. The Morgan fingerprint density at radius 3 is 2.11 bits per heavy atom.